The second-order valence-electron chi connectivity index (χ2n) is 2.56. The highest BCUT2D eigenvalue weighted by atomic mass is 35.5. The first kappa shape index (κ1) is 8.73. The lowest BCUT2D eigenvalue weighted by Gasteiger charge is -1.99. The van der Waals surface area contributed by atoms with Gasteiger partial charge in [0.05, 0.1) is 6.20 Å². The first-order valence-electron chi connectivity index (χ1n) is 3.88. The van der Waals surface area contributed by atoms with E-state index in [1.165, 1.54) is 10.9 Å². The molecule has 2 heterocycles. The molecule has 68 valence electrons. The standard InChI is InChI=1S/C9H5ClN4/c10-9-7(5-11)6-13-14(9)8-3-1-2-4-12-8/h1-4,6H. The van der Waals surface area contributed by atoms with Crippen LogP contribution in [0.3, 0.4) is 0 Å². The van der Waals surface area contributed by atoms with Crippen LogP contribution in [0.2, 0.25) is 5.15 Å². The molecule has 0 aliphatic carbocycles. The maximum absolute atomic E-state index is 8.67. The number of hydrogen-bond acceptors (Lipinski definition) is 3. The summed E-state index contributed by atoms with van der Waals surface area (Å²) in [5.41, 5.74) is 0.345. The van der Waals surface area contributed by atoms with Crippen molar-refractivity contribution < 1.29 is 0 Å². The van der Waals surface area contributed by atoms with E-state index in [1.54, 1.807) is 18.3 Å². The summed E-state index contributed by atoms with van der Waals surface area (Å²) in [6.07, 6.45) is 3.05. The lowest BCUT2D eigenvalue weighted by atomic mass is 10.4. The SMILES string of the molecule is N#Cc1cnn(-c2ccccn2)c1Cl. The summed E-state index contributed by atoms with van der Waals surface area (Å²) in [4.78, 5) is 4.06. The van der Waals surface area contributed by atoms with E-state index in [9.17, 15) is 0 Å². The summed E-state index contributed by atoms with van der Waals surface area (Å²) in [5, 5.41) is 12.9. The molecule has 2 aromatic heterocycles. The van der Waals surface area contributed by atoms with E-state index in [4.69, 9.17) is 16.9 Å². The Morgan fingerprint density at radius 2 is 2.29 bits per heavy atom. The Bertz CT molecular complexity index is 483. The van der Waals surface area contributed by atoms with Gasteiger partial charge in [-0.05, 0) is 12.1 Å². The Morgan fingerprint density at radius 1 is 1.43 bits per heavy atom. The first-order chi connectivity index (χ1) is 6.83. The summed E-state index contributed by atoms with van der Waals surface area (Å²) in [5.74, 6) is 0.596. The molecule has 0 fully saturated rings. The molecular formula is C9H5ClN4. The van der Waals surface area contributed by atoms with Gasteiger partial charge >= 0.3 is 0 Å². The number of aromatic nitrogens is 3. The Morgan fingerprint density at radius 3 is 2.86 bits per heavy atom. The molecule has 2 rings (SSSR count). The molecule has 0 amide bonds. The second kappa shape index (κ2) is 3.48. The fraction of sp³-hybridized carbons (Fsp3) is 0. The van der Waals surface area contributed by atoms with Gasteiger partial charge in [0.1, 0.15) is 11.6 Å². The summed E-state index contributed by atoms with van der Waals surface area (Å²) < 4.78 is 1.42. The minimum atomic E-state index is 0.284. The number of halogens is 1. The van der Waals surface area contributed by atoms with Gasteiger partial charge in [-0.2, -0.15) is 10.4 Å². The van der Waals surface area contributed by atoms with E-state index in [0.717, 1.165) is 0 Å². The fourth-order valence-corrected chi connectivity index (χ4v) is 1.27. The highest BCUT2D eigenvalue weighted by Gasteiger charge is 2.09. The van der Waals surface area contributed by atoms with Gasteiger partial charge in [-0.15, -0.1) is 0 Å². The van der Waals surface area contributed by atoms with Gasteiger partial charge in [0.15, 0.2) is 11.0 Å². The smallest absolute Gasteiger partial charge is 0.155 e. The molecule has 0 N–H and O–H groups in total. The summed E-state index contributed by atoms with van der Waals surface area (Å²) in [6, 6.07) is 7.33. The normalized spacial score (nSPS) is 9.71. The first-order valence-corrected chi connectivity index (χ1v) is 4.26. The van der Waals surface area contributed by atoms with Crippen LogP contribution in [0, 0.1) is 11.3 Å². The van der Waals surface area contributed by atoms with Crippen molar-refractivity contribution >= 4 is 11.6 Å². The molecule has 0 aromatic carbocycles. The van der Waals surface area contributed by atoms with Gasteiger partial charge in [-0.3, -0.25) is 0 Å². The molecule has 0 unspecified atom stereocenters. The third kappa shape index (κ3) is 1.34. The van der Waals surface area contributed by atoms with Crippen molar-refractivity contribution in [1.82, 2.24) is 14.8 Å². The van der Waals surface area contributed by atoms with Crippen LogP contribution in [0.4, 0.5) is 0 Å². The lowest BCUT2D eigenvalue weighted by Crippen LogP contribution is -1.98. The molecule has 0 radical (unpaired) electrons. The van der Waals surface area contributed by atoms with Gasteiger partial charge in [-0.1, -0.05) is 17.7 Å². The molecule has 0 aliphatic heterocycles. The van der Waals surface area contributed by atoms with Crippen LogP contribution in [0.1, 0.15) is 5.56 Å². The van der Waals surface area contributed by atoms with Crippen LogP contribution < -0.4 is 0 Å². The highest BCUT2D eigenvalue weighted by Crippen LogP contribution is 2.17. The van der Waals surface area contributed by atoms with E-state index in [0.29, 0.717) is 11.4 Å². The summed E-state index contributed by atoms with van der Waals surface area (Å²) >= 11 is 5.90. The van der Waals surface area contributed by atoms with Crippen molar-refractivity contribution in [1.29, 1.82) is 5.26 Å². The number of nitrogens with zero attached hydrogens (tertiary/aromatic N) is 4. The molecule has 4 nitrogen and oxygen atoms in total. The van der Waals surface area contributed by atoms with E-state index in [-0.39, 0.29) is 5.15 Å². The Balaban J connectivity index is 2.54. The zero-order valence-electron chi connectivity index (χ0n) is 7.05. The van der Waals surface area contributed by atoms with Gasteiger partial charge in [-0.25, -0.2) is 9.67 Å². The van der Waals surface area contributed by atoms with Crippen molar-refractivity contribution in [3.63, 3.8) is 0 Å². The van der Waals surface area contributed by atoms with Crippen LogP contribution in [0.5, 0.6) is 0 Å². The van der Waals surface area contributed by atoms with Crippen LogP contribution in [-0.4, -0.2) is 14.8 Å². The zero-order valence-corrected chi connectivity index (χ0v) is 7.81. The summed E-state index contributed by atoms with van der Waals surface area (Å²) in [7, 11) is 0. The third-order valence-electron chi connectivity index (χ3n) is 1.70. The van der Waals surface area contributed by atoms with Crippen molar-refractivity contribution in [3.05, 3.63) is 41.3 Å². The highest BCUT2D eigenvalue weighted by molar-refractivity contribution is 6.30. The van der Waals surface area contributed by atoms with Gasteiger partial charge in [0, 0.05) is 6.20 Å². The van der Waals surface area contributed by atoms with Gasteiger partial charge in [0.2, 0.25) is 0 Å². The fourth-order valence-electron chi connectivity index (χ4n) is 1.05. The molecule has 0 bridgehead atoms. The Kier molecular flexibility index (Phi) is 2.17. The van der Waals surface area contributed by atoms with E-state index >= 15 is 0 Å². The van der Waals surface area contributed by atoms with Gasteiger partial charge < -0.3 is 0 Å². The molecule has 0 saturated carbocycles. The topological polar surface area (TPSA) is 54.5 Å². The predicted octanol–water partition coefficient (Wildman–Crippen LogP) is 1.79. The van der Waals surface area contributed by atoms with E-state index in [1.807, 2.05) is 12.1 Å². The van der Waals surface area contributed by atoms with E-state index in [2.05, 4.69) is 10.1 Å². The van der Waals surface area contributed by atoms with Crippen molar-refractivity contribution in [2.24, 2.45) is 0 Å². The number of hydrogen-bond donors (Lipinski definition) is 0. The maximum Gasteiger partial charge on any atom is 0.155 e. The molecule has 2 aromatic rings. The summed E-state index contributed by atoms with van der Waals surface area (Å²) in [6.45, 7) is 0. The number of nitriles is 1. The molecule has 0 aliphatic rings. The van der Waals surface area contributed by atoms with Crippen LogP contribution in [-0.2, 0) is 0 Å². The molecular weight excluding hydrogens is 200 g/mol. The number of rotatable bonds is 1. The Labute approximate surface area is 85.4 Å². The number of pyridine rings is 1. The zero-order chi connectivity index (χ0) is 9.97. The molecule has 5 heteroatoms. The third-order valence-corrected chi connectivity index (χ3v) is 2.06. The second-order valence-corrected chi connectivity index (χ2v) is 2.92. The van der Waals surface area contributed by atoms with Crippen molar-refractivity contribution in [3.8, 4) is 11.9 Å². The average molecular weight is 205 g/mol. The lowest BCUT2D eigenvalue weighted by molar-refractivity contribution is 0.847. The van der Waals surface area contributed by atoms with Crippen LogP contribution >= 0.6 is 11.6 Å². The average Bonchev–Trinajstić information content (AvgIpc) is 2.61. The molecule has 0 saturated heterocycles. The molecule has 14 heavy (non-hydrogen) atoms. The molecule has 0 spiro atoms. The van der Waals surface area contributed by atoms with Crippen molar-refractivity contribution in [2.45, 2.75) is 0 Å². The van der Waals surface area contributed by atoms with Crippen LogP contribution in [0.25, 0.3) is 5.82 Å². The monoisotopic (exact) mass is 204 g/mol. The van der Waals surface area contributed by atoms with Crippen LogP contribution in [0.15, 0.2) is 30.6 Å². The largest absolute Gasteiger partial charge is 0.237 e. The van der Waals surface area contributed by atoms with Gasteiger partial charge in [0.25, 0.3) is 0 Å². The van der Waals surface area contributed by atoms with Crippen molar-refractivity contribution in [2.75, 3.05) is 0 Å². The quantitative estimate of drug-likeness (QED) is 0.712. The minimum absolute atomic E-state index is 0.284. The Hall–Kier alpha value is -1.86. The van der Waals surface area contributed by atoms with E-state index < -0.39 is 0 Å². The maximum atomic E-state index is 8.67. The molecule has 0 atom stereocenters. The minimum Gasteiger partial charge on any atom is -0.237 e. The predicted molar refractivity (Wildman–Crippen MR) is 51.1 cm³/mol.